The molecule has 0 aliphatic carbocycles. The van der Waals surface area contributed by atoms with Gasteiger partial charge in [0.2, 0.25) is 5.91 Å². The van der Waals surface area contributed by atoms with Crippen molar-refractivity contribution in [1.29, 1.82) is 0 Å². The largest absolute Gasteiger partial charge is 0.389 e. The van der Waals surface area contributed by atoms with Crippen LogP contribution in [0.2, 0.25) is 0 Å². The molecule has 0 aliphatic rings. The maximum atomic E-state index is 11.9. The molecule has 6 heteroatoms. The molecule has 0 aliphatic heterocycles. The van der Waals surface area contributed by atoms with Crippen LogP contribution >= 0.6 is 0 Å². The van der Waals surface area contributed by atoms with Crippen LogP contribution in [0, 0.1) is 0 Å². The molecule has 0 spiro atoms. The predicted molar refractivity (Wildman–Crippen MR) is 71.0 cm³/mol. The lowest BCUT2D eigenvalue weighted by molar-refractivity contribution is -0.135. The van der Waals surface area contributed by atoms with E-state index in [2.05, 4.69) is 5.32 Å². The summed E-state index contributed by atoms with van der Waals surface area (Å²) in [4.78, 5) is 11.6. The molecule has 112 valence electrons. The minimum absolute atomic E-state index is 0.0367. The smallest absolute Gasteiger partial charge is 0.356 e. The summed E-state index contributed by atoms with van der Waals surface area (Å²) in [5, 5.41) is 2.62. The molecule has 1 aromatic carbocycles. The fraction of sp³-hybridized carbons (Fsp3) is 0.500. The van der Waals surface area contributed by atoms with Crippen LogP contribution in [0.1, 0.15) is 30.4 Å². The van der Waals surface area contributed by atoms with E-state index in [1.54, 1.807) is 0 Å². The Morgan fingerprint density at radius 2 is 1.70 bits per heavy atom. The van der Waals surface area contributed by atoms with Gasteiger partial charge in [-0.25, -0.2) is 0 Å². The average Bonchev–Trinajstić information content (AvgIpc) is 2.38. The molecule has 0 atom stereocenters. The molecule has 1 rings (SSSR count). The number of nitrogens with two attached hydrogens (primary N) is 1. The molecule has 3 nitrogen and oxygen atoms in total. The Kier molecular flexibility index (Phi) is 6.51. The van der Waals surface area contributed by atoms with Crippen molar-refractivity contribution in [2.45, 2.75) is 38.4 Å². The van der Waals surface area contributed by atoms with Crippen molar-refractivity contribution in [1.82, 2.24) is 5.32 Å². The molecular weight excluding hydrogens is 269 g/mol. The Morgan fingerprint density at radius 3 is 2.25 bits per heavy atom. The van der Waals surface area contributed by atoms with E-state index in [4.69, 9.17) is 5.73 Å². The van der Waals surface area contributed by atoms with Crippen LogP contribution in [0.25, 0.3) is 0 Å². The summed E-state index contributed by atoms with van der Waals surface area (Å²) < 4.78 is 35.7. The lowest BCUT2D eigenvalue weighted by atomic mass is 10.1. The van der Waals surface area contributed by atoms with Crippen LogP contribution in [0.15, 0.2) is 24.3 Å². The summed E-state index contributed by atoms with van der Waals surface area (Å²) >= 11 is 0. The number of carbonyl (C=O) groups excluding carboxylic acids is 1. The second-order valence-electron chi connectivity index (χ2n) is 4.62. The van der Waals surface area contributed by atoms with Gasteiger partial charge in [0.05, 0.1) is 6.42 Å². The summed E-state index contributed by atoms with van der Waals surface area (Å²) in [6.07, 6.45) is -4.32. The number of halogens is 3. The first-order valence-corrected chi connectivity index (χ1v) is 6.52. The maximum Gasteiger partial charge on any atom is 0.389 e. The van der Waals surface area contributed by atoms with Gasteiger partial charge >= 0.3 is 6.18 Å². The molecule has 0 saturated heterocycles. The van der Waals surface area contributed by atoms with E-state index in [0.717, 1.165) is 11.1 Å². The van der Waals surface area contributed by atoms with Crippen molar-refractivity contribution < 1.29 is 18.0 Å². The number of nitrogens with one attached hydrogen (secondary N) is 1. The van der Waals surface area contributed by atoms with Crippen molar-refractivity contribution in [3.63, 3.8) is 0 Å². The Bertz CT molecular complexity index is 415. The van der Waals surface area contributed by atoms with Crippen LogP contribution in [-0.4, -0.2) is 18.6 Å². The van der Waals surface area contributed by atoms with Gasteiger partial charge in [0.15, 0.2) is 0 Å². The number of alkyl halides is 3. The van der Waals surface area contributed by atoms with Gasteiger partial charge in [-0.1, -0.05) is 24.3 Å². The average molecular weight is 288 g/mol. The molecule has 0 aromatic heterocycles. The lowest BCUT2D eigenvalue weighted by Gasteiger charge is -2.07. The predicted octanol–water partition coefficient (Wildman–Crippen LogP) is 2.54. The number of hydrogen-bond acceptors (Lipinski definition) is 2. The highest BCUT2D eigenvalue weighted by Gasteiger charge is 2.25. The summed E-state index contributed by atoms with van der Waals surface area (Å²) in [5.74, 6) is -0.183. The van der Waals surface area contributed by atoms with Crippen LogP contribution in [-0.2, 0) is 17.8 Å². The van der Waals surface area contributed by atoms with E-state index < -0.39 is 12.6 Å². The highest BCUT2D eigenvalue weighted by molar-refractivity contribution is 5.78. The van der Waals surface area contributed by atoms with Crippen molar-refractivity contribution >= 4 is 5.91 Å². The third-order valence-corrected chi connectivity index (χ3v) is 2.83. The normalized spacial score (nSPS) is 11.4. The first-order valence-electron chi connectivity index (χ1n) is 6.52. The number of hydrogen-bond donors (Lipinski definition) is 2. The lowest BCUT2D eigenvalue weighted by Crippen LogP contribution is -2.26. The Hall–Kier alpha value is -1.56. The third-order valence-electron chi connectivity index (χ3n) is 2.83. The number of amides is 1. The zero-order valence-electron chi connectivity index (χ0n) is 11.2. The Balaban J connectivity index is 2.19. The highest BCUT2D eigenvalue weighted by atomic mass is 19.4. The molecule has 1 aromatic rings. The second-order valence-corrected chi connectivity index (χ2v) is 4.62. The van der Waals surface area contributed by atoms with Crippen molar-refractivity contribution in [3.8, 4) is 0 Å². The van der Waals surface area contributed by atoms with Gasteiger partial charge in [-0.15, -0.1) is 0 Å². The first-order chi connectivity index (χ1) is 9.40. The summed E-state index contributed by atoms with van der Waals surface area (Å²) in [6.45, 7) is 0.724. The first kappa shape index (κ1) is 16.5. The molecular formula is C14H19F3N2O. The number of rotatable bonds is 7. The summed E-state index contributed by atoms with van der Waals surface area (Å²) in [7, 11) is 0. The molecule has 0 saturated carbocycles. The molecule has 0 heterocycles. The fourth-order valence-electron chi connectivity index (χ4n) is 1.72. The van der Waals surface area contributed by atoms with Gasteiger partial charge in [-0.3, -0.25) is 4.79 Å². The zero-order chi connectivity index (χ0) is 15.0. The van der Waals surface area contributed by atoms with Crippen LogP contribution in [0.3, 0.4) is 0 Å². The Labute approximate surface area is 116 Å². The minimum atomic E-state index is -4.12. The second kappa shape index (κ2) is 7.89. The van der Waals surface area contributed by atoms with Gasteiger partial charge in [-0.2, -0.15) is 13.2 Å². The highest BCUT2D eigenvalue weighted by Crippen LogP contribution is 2.21. The van der Waals surface area contributed by atoms with Crippen molar-refractivity contribution in [2.24, 2.45) is 5.73 Å². The molecule has 3 N–H and O–H groups in total. The van der Waals surface area contributed by atoms with Crippen LogP contribution in [0.5, 0.6) is 0 Å². The monoisotopic (exact) mass is 288 g/mol. The van der Waals surface area contributed by atoms with Gasteiger partial charge < -0.3 is 11.1 Å². The van der Waals surface area contributed by atoms with Gasteiger partial charge in [0.1, 0.15) is 0 Å². The number of unbranched alkanes of at least 4 members (excludes halogenated alkanes) is 1. The molecule has 0 unspecified atom stereocenters. The van der Waals surface area contributed by atoms with Crippen LogP contribution < -0.4 is 11.1 Å². The fourth-order valence-corrected chi connectivity index (χ4v) is 1.72. The molecule has 0 fully saturated rings. The number of carbonyl (C=O) groups is 1. The molecule has 20 heavy (non-hydrogen) atoms. The number of benzene rings is 1. The van der Waals surface area contributed by atoms with Crippen LogP contribution in [0.4, 0.5) is 13.2 Å². The van der Waals surface area contributed by atoms with E-state index in [1.807, 2.05) is 24.3 Å². The van der Waals surface area contributed by atoms with Crippen molar-refractivity contribution in [2.75, 3.05) is 6.54 Å². The molecule has 0 bridgehead atoms. The van der Waals surface area contributed by atoms with E-state index in [1.165, 1.54) is 0 Å². The maximum absolute atomic E-state index is 11.9. The van der Waals surface area contributed by atoms with Gasteiger partial charge in [0.25, 0.3) is 0 Å². The topological polar surface area (TPSA) is 55.1 Å². The third kappa shape index (κ3) is 7.13. The standard InChI is InChI=1S/C14H19F3N2O/c15-14(16,17)7-1-2-8-19-13(20)9-11-3-5-12(10-18)6-4-11/h3-6H,1-2,7-10,18H2,(H,19,20). The van der Waals surface area contributed by atoms with E-state index in [9.17, 15) is 18.0 Å². The van der Waals surface area contributed by atoms with Gasteiger partial charge in [0, 0.05) is 19.5 Å². The van der Waals surface area contributed by atoms with E-state index >= 15 is 0 Å². The summed E-state index contributed by atoms with van der Waals surface area (Å²) in [5.41, 5.74) is 7.31. The van der Waals surface area contributed by atoms with Gasteiger partial charge in [-0.05, 0) is 24.0 Å². The molecule has 1 amide bonds. The molecule has 0 radical (unpaired) electrons. The quantitative estimate of drug-likeness (QED) is 0.758. The van der Waals surface area contributed by atoms with E-state index in [0.29, 0.717) is 13.0 Å². The minimum Gasteiger partial charge on any atom is -0.356 e. The summed E-state index contributed by atoms with van der Waals surface area (Å²) in [6, 6.07) is 7.36. The Morgan fingerprint density at radius 1 is 1.10 bits per heavy atom. The zero-order valence-corrected chi connectivity index (χ0v) is 11.2. The van der Waals surface area contributed by atoms with E-state index in [-0.39, 0.29) is 25.3 Å². The van der Waals surface area contributed by atoms with Crippen molar-refractivity contribution in [3.05, 3.63) is 35.4 Å². The SMILES string of the molecule is NCc1ccc(CC(=O)NCCCCC(F)(F)F)cc1.